The Morgan fingerprint density at radius 2 is 1.66 bits per heavy atom. The molecule has 0 saturated carbocycles. The van der Waals surface area contributed by atoms with E-state index in [1.807, 2.05) is 0 Å². The van der Waals surface area contributed by atoms with Crippen LogP contribution in [0.1, 0.15) is 12.5 Å². The van der Waals surface area contributed by atoms with Crippen molar-refractivity contribution in [2.45, 2.75) is 44.1 Å². The van der Waals surface area contributed by atoms with E-state index in [1.54, 1.807) is 6.92 Å². The van der Waals surface area contributed by atoms with Gasteiger partial charge in [-0.05, 0) is 30.7 Å². The number of aromatic hydroxyl groups is 3. The van der Waals surface area contributed by atoms with Gasteiger partial charge in [0.2, 0.25) is 12.0 Å². The summed E-state index contributed by atoms with van der Waals surface area (Å²) in [7, 11) is 0. The molecule has 2 aromatic carbocycles. The predicted molar refractivity (Wildman–Crippen MR) is 117 cm³/mol. The molecule has 0 amide bonds. The maximum atomic E-state index is 13.1. The molecule has 0 aliphatic carbocycles. The maximum Gasteiger partial charge on any atom is 0.335 e. The minimum Gasteiger partial charge on any atom is -0.508 e. The summed E-state index contributed by atoms with van der Waals surface area (Å²) in [6, 6.07) is 6.84. The molecule has 1 aliphatic heterocycles. The summed E-state index contributed by atoms with van der Waals surface area (Å²) in [5.74, 6) is -3.88. The molecule has 35 heavy (non-hydrogen) atoms. The monoisotopic (exact) mass is 490 g/mol. The van der Waals surface area contributed by atoms with Gasteiger partial charge in [-0.1, -0.05) is 6.92 Å². The molecule has 12 nitrogen and oxygen atoms in total. The number of fused-ring (bicyclic) bond motifs is 1. The summed E-state index contributed by atoms with van der Waals surface area (Å²) in [4.78, 5) is 24.4. The largest absolute Gasteiger partial charge is 0.508 e. The van der Waals surface area contributed by atoms with Crippen LogP contribution in [0.5, 0.6) is 23.0 Å². The summed E-state index contributed by atoms with van der Waals surface area (Å²) in [5.41, 5.74) is -0.212. The van der Waals surface area contributed by atoms with Gasteiger partial charge in [0.1, 0.15) is 40.8 Å². The predicted octanol–water partition coefficient (Wildman–Crippen LogP) is 0.410. The maximum absolute atomic E-state index is 13.1. The molecular weight excluding hydrogens is 468 g/mol. The fraction of sp³-hybridized carbons (Fsp3) is 0.304. The summed E-state index contributed by atoms with van der Waals surface area (Å²) in [6.45, 7) is 1.69. The van der Waals surface area contributed by atoms with Crippen molar-refractivity contribution >= 4 is 16.9 Å². The van der Waals surface area contributed by atoms with Gasteiger partial charge in [-0.25, -0.2) is 4.79 Å². The van der Waals surface area contributed by atoms with E-state index in [0.29, 0.717) is 5.56 Å². The summed E-state index contributed by atoms with van der Waals surface area (Å²) >= 11 is 0. The number of carbonyl (C=O) groups is 1. The topological polar surface area (TPSA) is 207 Å². The zero-order chi connectivity index (χ0) is 25.6. The Morgan fingerprint density at radius 3 is 2.26 bits per heavy atom. The van der Waals surface area contributed by atoms with Crippen molar-refractivity contribution < 1.29 is 54.4 Å². The Balaban J connectivity index is 1.83. The highest BCUT2D eigenvalue weighted by atomic mass is 16.7. The zero-order valence-electron chi connectivity index (χ0n) is 18.2. The second-order valence-corrected chi connectivity index (χ2v) is 7.94. The van der Waals surface area contributed by atoms with Gasteiger partial charge in [-0.2, -0.15) is 0 Å². The second-order valence-electron chi connectivity index (χ2n) is 7.94. The fourth-order valence-corrected chi connectivity index (χ4v) is 3.87. The number of aliphatic carboxylic acids is 1. The highest BCUT2D eigenvalue weighted by molar-refractivity contribution is 5.90. The van der Waals surface area contributed by atoms with Crippen LogP contribution in [0.2, 0.25) is 0 Å². The summed E-state index contributed by atoms with van der Waals surface area (Å²) < 4.78 is 16.2. The standard InChI is InChI=1S/C23H22O12/c1-2-10-14(25)13-11(33-20(10)8-3-5-9(24)6-4-8)7-12(15(26)16(13)27)34-23-19(30)17(28)18(29)21(35-23)22(31)32/h3-7,17-19,21,23-24,26-30H,2H2,1H3,(H,31,32)/t17-,18-,19+,21-,23+/m0/s1. The fourth-order valence-electron chi connectivity index (χ4n) is 3.87. The van der Waals surface area contributed by atoms with Gasteiger partial charge in [-0.3, -0.25) is 4.79 Å². The van der Waals surface area contributed by atoms with E-state index < -0.39 is 59.4 Å². The zero-order valence-corrected chi connectivity index (χ0v) is 18.2. The van der Waals surface area contributed by atoms with Crippen LogP contribution in [-0.4, -0.2) is 72.4 Å². The second kappa shape index (κ2) is 9.07. The van der Waals surface area contributed by atoms with E-state index in [4.69, 9.17) is 13.9 Å². The van der Waals surface area contributed by atoms with E-state index in [2.05, 4.69) is 0 Å². The molecule has 7 N–H and O–H groups in total. The van der Waals surface area contributed by atoms with Gasteiger partial charge < -0.3 is 49.6 Å². The van der Waals surface area contributed by atoms with Crippen LogP contribution in [0, 0.1) is 0 Å². The Hall–Kier alpha value is -3.84. The lowest BCUT2D eigenvalue weighted by atomic mass is 9.99. The number of hydrogen-bond donors (Lipinski definition) is 7. The molecule has 1 aromatic heterocycles. The number of carboxylic acids is 1. The van der Waals surface area contributed by atoms with Gasteiger partial charge in [-0.15, -0.1) is 0 Å². The van der Waals surface area contributed by atoms with Gasteiger partial charge in [0.15, 0.2) is 23.0 Å². The summed E-state index contributed by atoms with van der Waals surface area (Å²) in [5, 5.41) is 69.4. The Labute approximate surface area is 196 Å². The lowest BCUT2D eigenvalue weighted by Gasteiger charge is -2.38. The van der Waals surface area contributed by atoms with E-state index >= 15 is 0 Å². The molecule has 2 heterocycles. The van der Waals surface area contributed by atoms with Crippen molar-refractivity contribution in [1.29, 1.82) is 0 Å². The molecule has 1 aliphatic rings. The van der Waals surface area contributed by atoms with Crippen LogP contribution < -0.4 is 10.2 Å². The number of hydrogen-bond acceptors (Lipinski definition) is 11. The van der Waals surface area contributed by atoms with Crippen LogP contribution in [0.3, 0.4) is 0 Å². The number of phenolic OH excluding ortho intramolecular Hbond substituents is 3. The van der Waals surface area contributed by atoms with Crippen LogP contribution in [-0.2, 0) is 16.0 Å². The molecule has 186 valence electrons. The molecule has 1 fully saturated rings. The molecule has 5 atom stereocenters. The number of aliphatic hydroxyl groups is 3. The number of phenols is 3. The number of benzene rings is 2. The SMILES string of the molecule is CCc1c(-c2ccc(O)cc2)oc2cc(O[C@@H]3O[C@H](C(=O)O)[C@@H](O)[C@H](O)[C@H]3O)c(O)c(O)c2c1=O. The van der Waals surface area contributed by atoms with E-state index in [1.165, 1.54) is 24.3 Å². The van der Waals surface area contributed by atoms with Crippen LogP contribution in [0.4, 0.5) is 0 Å². The highest BCUT2D eigenvalue weighted by Crippen LogP contribution is 2.43. The average molecular weight is 490 g/mol. The molecule has 0 bridgehead atoms. The van der Waals surface area contributed by atoms with Crippen molar-refractivity contribution in [3.63, 3.8) is 0 Å². The van der Waals surface area contributed by atoms with Crippen LogP contribution in [0.25, 0.3) is 22.3 Å². The van der Waals surface area contributed by atoms with Crippen molar-refractivity contribution in [2.75, 3.05) is 0 Å². The number of ether oxygens (including phenoxy) is 2. The molecule has 0 unspecified atom stereocenters. The molecule has 4 rings (SSSR count). The average Bonchev–Trinajstić information content (AvgIpc) is 2.82. The molecule has 3 aromatic rings. The van der Waals surface area contributed by atoms with Gasteiger partial charge in [0.25, 0.3) is 0 Å². The van der Waals surface area contributed by atoms with E-state index in [-0.39, 0.29) is 34.5 Å². The first-order chi connectivity index (χ1) is 16.5. The first kappa shape index (κ1) is 24.3. The lowest BCUT2D eigenvalue weighted by molar-refractivity contribution is -0.271. The van der Waals surface area contributed by atoms with Crippen LogP contribution in [0.15, 0.2) is 39.5 Å². The Kier molecular flexibility index (Phi) is 6.30. The van der Waals surface area contributed by atoms with E-state index in [0.717, 1.165) is 6.07 Å². The highest BCUT2D eigenvalue weighted by Gasteiger charge is 2.48. The van der Waals surface area contributed by atoms with Crippen LogP contribution >= 0.6 is 0 Å². The third kappa shape index (κ3) is 4.12. The van der Waals surface area contributed by atoms with Gasteiger partial charge >= 0.3 is 5.97 Å². The summed E-state index contributed by atoms with van der Waals surface area (Å²) in [6.07, 6.45) is -9.47. The first-order valence-corrected chi connectivity index (χ1v) is 10.5. The van der Waals surface area contributed by atoms with Crippen molar-refractivity contribution in [2.24, 2.45) is 0 Å². The van der Waals surface area contributed by atoms with Crippen molar-refractivity contribution in [3.8, 4) is 34.3 Å². The number of carboxylic acid groups (broad SMARTS) is 1. The minimum absolute atomic E-state index is 0.00815. The lowest BCUT2D eigenvalue weighted by Crippen LogP contribution is -2.61. The molecular formula is C23H22O12. The number of rotatable bonds is 5. The molecule has 0 spiro atoms. The molecule has 0 radical (unpaired) electrons. The molecule has 1 saturated heterocycles. The Bertz CT molecular complexity index is 1330. The quantitative estimate of drug-likeness (QED) is 0.243. The number of aliphatic hydroxyl groups excluding tert-OH is 3. The third-order valence-corrected chi connectivity index (χ3v) is 5.73. The first-order valence-electron chi connectivity index (χ1n) is 10.5. The van der Waals surface area contributed by atoms with Gasteiger partial charge in [0.05, 0.1) is 0 Å². The third-order valence-electron chi connectivity index (χ3n) is 5.73. The van der Waals surface area contributed by atoms with Crippen molar-refractivity contribution in [3.05, 3.63) is 46.1 Å². The van der Waals surface area contributed by atoms with Gasteiger partial charge in [0, 0.05) is 17.2 Å². The Morgan fingerprint density at radius 1 is 1.00 bits per heavy atom. The normalized spacial score (nSPS) is 24.4. The van der Waals surface area contributed by atoms with Crippen molar-refractivity contribution in [1.82, 2.24) is 0 Å². The minimum atomic E-state index is -1.96. The van der Waals surface area contributed by atoms with E-state index in [9.17, 15) is 45.3 Å². The smallest absolute Gasteiger partial charge is 0.335 e. The molecule has 12 heteroatoms.